The number of rotatable bonds is 2. The van der Waals surface area contributed by atoms with E-state index in [1.807, 2.05) is 6.20 Å². The van der Waals surface area contributed by atoms with E-state index in [0.717, 1.165) is 13.2 Å². The van der Waals surface area contributed by atoms with Gasteiger partial charge in [-0.3, -0.25) is 10.00 Å². The minimum absolute atomic E-state index is 0.467. The third kappa shape index (κ3) is 2.38. The summed E-state index contributed by atoms with van der Waals surface area (Å²) in [6, 6.07) is 2.06. The summed E-state index contributed by atoms with van der Waals surface area (Å²) >= 11 is 0. The number of hydrogen-bond donors (Lipinski definition) is 1. The summed E-state index contributed by atoms with van der Waals surface area (Å²) in [4.78, 5) is 2.52. The topological polar surface area (TPSA) is 41.2 Å². The van der Waals surface area contributed by atoms with Crippen molar-refractivity contribution in [2.45, 2.75) is 38.8 Å². The molecule has 2 aliphatic heterocycles. The zero-order chi connectivity index (χ0) is 11.7. The number of piperidine rings is 1. The lowest BCUT2D eigenvalue weighted by Crippen LogP contribution is -2.40. The number of aromatic amines is 1. The highest BCUT2D eigenvalue weighted by molar-refractivity contribution is 4.99. The maximum atomic E-state index is 5.75. The van der Waals surface area contributed by atoms with Crippen LogP contribution in [0, 0.1) is 5.41 Å². The SMILES string of the molecule is CC1CC2(CCN(Cc3ccn[nH]3)CC2)CO1. The highest BCUT2D eigenvalue weighted by Gasteiger charge is 2.40. The van der Waals surface area contributed by atoms with Gasteiger partial charge < -0.3 is 4.74 Å². The average molecular weight is 235 g/mol. The normalized spacial score (nSPS) is 28.9. The van der Waals surface area contributed by atoms with Crippen LogP contribution in [0.3, 0.4) is 0 Å². The summed E-state index contributed by atoms with van der Waals surface area (Å²) in [6.45, 7) is 6.56. The first kappa shape index (κ1) is 11.2. The van der Waals surface area contributed by atoms with Crippen molar-refractivity contribution in [3.05, 3.63) is 18.0 Å². The largest absolute Gasteiger partial charge is 0.378 e. The van der Waals surface area contributed by atoms with Crippen molar-refractivity contribution < 1.29 is 4.74 Å². The van der Waals surface area contributed by atoms with Crippen molar-refractivity contribution in [1.29, 1.82) is 0 Å². The zero-order valence-electron chi connectivity index (χ0n) is 10.5. The van der Waals surface area contributed by atoms with Crippen molar-refractivity contribution in [1.82, 2.24) is 15.1 Å². The Balaban J connectivity index is 1.54. The Morgan fingerprint density at radius 1 is 1.53 bits per heavy atom. The molecule has 1 aromatic rings. The van der Waals surface area contributed by atoms with E-state index in [4.69, 9.17) is 4.74 Å². The molecule has 1 aromatic heterocycles. The summed E-state index contributed by atoms with van der Waals surface area (Å²) in [5.74, 6) is 0. The van der Waals surface area contributed by atoms with Crippen LogP contribution in [0.4, 0.5) is 0 Å². The minimum atomic E-state index is 0.467. The number of aromatic nitrogens is 2. The van der Waals surface area contributed by atoms with Crippen LogP contribution in [-0.2, 0) is 11.3 Å². The Morgan fingerprint density at radius 3 is 2.94 bits per heavy atom. The van der Waals surface area contributed by atoms with E-state index in [-0.39, 0.29) is 0 Å². The molecular weight excluding hydrogens is 214 g/mol. The lowest BCUT2D eigenvalue weighted by atomic mass is 9.77. The van der Waals surface area contributed by atoms with E-state index < -0.39 is 0 Å². The highest BCUT2D eigenvalue weighted by Crippen LogP contribution is 2.41. The predicted molar refractivity (Wildman–Crippen MR) is 65.6 cm³/mol. The Labute approximate surface area is 102 Å². The van der Waals surface area contributed by atoms with Gasteiger partial charge in [0.15, 0.2) is 0 Å². The van der Waals surface area contributed by atoms with E-state index in [2.05, 4.69) is 28.1 Å². The zero-order valence-corrected chi connectivity index (χ0v) is 10.5. The van der Waals surface area contributed by atoms with Gasteiger partial charge in [-0.1, -0.05) is 0 Å². The third-order valence-corrected chi connectivity index (χ3v) is 4.26. The van der Waals surface area contributed by atoms with Crippen LogP contribution in [0.15, 0.2) is 12.3 Å². The van der Waals surface area contributed by atoms with E-state index in [1.54, 1.807) is 0 Å². The number of ether oxygens (including phenoxy) is 1. The molecule has 0 bridgehead atoms. The molecule has 4 heteroatoms. The van der Waals surface area contributed by atoms with Crippen molar-refractivity contribution in [2.24, 2.45) is 5.41 Å². The Kier molecular flexibility index (Phi) is 2.92. The van der Waals surface area contributed by atoms with E-state index in [1.165, 1.54) is 38.0 Å². The van der Waals surface area contributed by atoms with Crippen molar-refractivity contribution >= 4 is 0 Å². The number of nitrogens with zero attached hydrogens (tertiary/aromatic N) is 2. The molecule has 1 spiro atoms. The molecule has 0 saturated carbocycles. The predicted octanol–water partition coefficient (Wildman–Crippen LogP) is 1.80. The fraction of sp³-hybridized carbons (Fsp3) is 0.769. The molecule has 0 amide bonds. The molecule has 3 heterocycles. The van der Waals surface area contributed by atoms with Gasteiger partial charge in [0.2, 0.25) is 0 Å². The molecule has 1 unspecified atom stereocenters. The van der Waals surface area contributed by atoms with Gasteiger partial charge in [0.05, 0.1) is 12.7 Å². The summed E-state index contributed by atoms with van der Waals surface area (Å²) in [5, 5.41) is 7.03. The van der Waals surface area contributed by atoms with Crippen LogP contribution in [0.2, 0.25) is 0 Å². The monoisotopic (exact) mass is 235 g/mol. The van der Waals surface area contributed by atoms with E-state index in [9.17, 15) is 0 Å². The van der Waals surface area contributed by atoms with Gasteiger partial charge in [-0.15, -0.1) is 0 Å². The van der Waals surface area contributed by atoms with Crippen LogP contribution in [0.1, 0.15) is 31.9 Å². The van der Waals surface area contributed by atoms with Gasteiger partial charge >= 0.3 is 0 Å². The van der Waals surface area contributed by atoms with Crippen molar-refractivity contribution in [3.63, 3.8) is 0 Å². The number of likely N-dealkylation sites (tertiary alicyclic amines) is 1. The van der Waals surface area contributed by atoms with Gasteiger partial charge in [-0.25, -0.2) is 0 Å². The van der Waals surface area contributed by atoms with Crippen LogP contribution < -0.4 is 0 Å². The summed E-state index contributed by atoms with van der Waals surface area (Å²) in [5.41, 5.74) is 1.71. The molecule has 17 heavy (non-hydrogen) atoms. The van der Waals surface area contributed by atoms with Crippen LogP contribution >= 0.6 is 0 Å². The maximum absolute atomic E-state index is 5.75. The van der Waals surface area contributed by atoms with Gasteiger partial charge in [-0.05, 0) is 50.8 Å². The molecule has 0 aromatic carbocycles. The molecule has 2 aliphatic rings. The van der Waals surface area contributed by atoms with Crippen LogP contribution in [0.5, 0.6) is 0 Å². The molecule has 4 nitrogen and oxygen atoms in total. The maximum Gasteiger partial charge on any atom is 0.0553 e. The molecule has 3 rings (SSSR count). The molecule has 2 fully saturated rings. The quantitative estimate of drug-likeness (QED) is 0.850. The Bertz CT molecular complexity index is 355. The highest BCUT2D eigenvalue weighted by atomic mass is 16.5. The summed E-state index contributed by atoms with van der Waals surface area (Å²) in [6.07, 6.45) is 6.11. The fourth-order valence-corrected chi connectivity index (χ4v) is 3.19. The molecule has 0 aliphatic carbocycles. The molecule has 2 saturated heterocycles. The lowest BCUT2D eigenvalue weighted by molar-refractivity contribution is 0.0663. The van der Waals surface area contributed by atoms with Crippen molar-refractivity contribution in [2.75, 3.05) is 19.7 Å². The summed E-state index contributed by atoms with van der Waals surface area (Å²) in [7, 11) is 0. The molecule has 0 radical (unpaired) electrons. The molecule has 1 atom stereocenters. The minimum Gasteiger partial charge on any atom is -0.378 e. The fourth-order valence-electron chi connectivity index (χ4n) is 3.19. The first-order chi connectivity index (χ1) is 8.26. The molecular formula is C13H21N3O. The van der Waals surface area contributed by atoms with E-state index >= 15 is 0 Å². The number of nitrogens with one attached hydrogen (secondary N) is 1. The van der Waals surface area contributed by atoms with Crippen LogP contribution in [0.25, 0.3) is 0 Å². The van der Waals surface area contributed by atoms with Crippen LogP contribution in [-0.4, -0.2) is 40.9 Å². The molecule has 94 valence electrons. The Morgan fingerprint density at radius 2 is 2.35 bits per heavy atom. The number of H-pyrrole nitrogens is 1. The smallest absolute Gasteiger partial charge is 0.0553 e. The second-order valence-electron chi connectivity index (χ2n) is 5.68. The second-order valence-corrected chi connectivity index (χ2v) is 5.68. The second kappa shape index (κ2) is 4.42. The lowest BCUT2D eigenvalue weighted by Gasteiger charge is -2.38. The first-order valence-corrected chi connectivity index (χ1v) is 6.58. The van der Waals surface area contributed by atoms with Gasteiger partial charge in [0, 0.05) is 18.4 Å². The van der Waals surface area contributed by atoms with Gasteiger partial charge in [0.1, 0.15) is 0 Å². The van der Waals surface area contributed by atoms with E-state index in [0.29, 0.717) is 11.5 Å². The van der Waals surface area contributed by atoms with Gasteiger partial charge in [-0.2, -0.15) is 5.10 Å². The van der Waals surface area contributed by atoms with Gasteiger partial charge in [0.25, 0.3) is 0 Å². The van der Waals surface area contributed by atoms with Crippen molar-refractivity contribution in [3.8, 4) is 0 Å². The molecule has 1 N–H and O–H groups in total. The standard InChI is InChI=1S/C13H21N3O/c1-11-8-13(10-17-11)3-6-16(7-4-13)9-12-2-5-14-15-12/h2,5,11H,3-4,6-10H2,1H3,(H,14,15). The third-order valence-electron chi connectivity index (χ3n) is 4.26. The first-order valence-electron chi connectivity index (χ1n) is 6.58. The number of hydrogen-bond acceptors (Lipinski definition) is 3. The average Bonchev–Trinajstić information content (AvgIpc) is 2.93. The Hall–Kier alpha value is -0.870. The summed E-state index contributed by atoms with van der Waals surface area (Å²) < 4.78 is 5.75.